The molecule has 0 aliphatic rings. The lowest BCUT2D eigenvalue weighted by molar-refractivity contribution is 0.389. The summed E-state index contributed by atoms with van der Waals surface area (Å²) in [5, 5.41) is 0. The highest BCUT2D eigenvalue weighted by atomic mass is 32.1. The van der Waals surface area contributed by atoms with Crippen LogP contribution in [0.25, 0.3) is 0 Å². The number of nitrogens with two attached hydrogens (primary N) is 1. The smallest absolute Gasteiger partial charge is 0.127 e. The van der Waals surface area contributed by atoms with Gasteiger partial charge in [-0.15, -0.1) is 0 Å². The van der Waals surface area contributed by atoms with Crippen LogP contribution in [0.2, 0.25) is 0 Å². The van der Waals surface area contributed by atoms with Crippen molar-refractivity contribution in [3.8, 4) is 11.5 Å². The number of ether oxygens (including phenoxy) is 2. The second-order valence-electron chi connectivity index (χ2n) is 3.42. The maximum atomic E-state index is 6.11. The molecule has 2 rings (SSSR count). The molecule has 2 aromatic rings. The van der Waals surface area contributed by atoms with Crippen molar-refractivity contribution in [3.63, 3.8) is 0 Å². The predicted molar refractivity (Wildman–Crippen MR) is 65.5 cm³/mol. The molecule has 1 aromatic carbocycles. The monoisotopic (exact) mass is 251 g/mol. The van der Waals surface area contributed by atoms with Crippen molar-refractivity contribution in [1.82, 2.24) is 8.75 Å². The van der Waals surface area contributed by atoms with Gasteiger partial charge in [0, 0.05) is 11.6 Å². The van der Waals surface area contributed by atoms with Crippen molar-refractivity contribution in [1.29, 1.82) is 0 Å². The van der Waals surface area contributed by atoms with Gasteiger partial charge in [0.25, 0.3) is 0 Å². The summed E-state index contributed by atoms with van der Waals surface area (Å²) in [5.41, 5.74) is 7.71. The lowest BCUT2D eigenvalue weighted by Crippen LogP contribution is -2.13. The number of hydrogen-bond acceptors (Lipinski definition) is 6. The molecule has 0 radical (unpaired) electrons. The van der Waals surface area contributed by atoms with E-state index < -0.39 is 0 Å². The highest BCUT2D eigenvalue weighted by Crippen LogP contribution is 2.30. The summed E-state index contributed by atoms with van der Waals surface area (Å²) in [6.45, 7) is 0. The summed E-state index contributed by atoms with van der Waals surface area (Å²) >= 11 is 1.14. The van der Waals surface area contributed by atoms with Crippen LogP contribution in [0.3, 0.4) is 0 Å². The summed E-state index contributed by atoms with van der Waals surface area (Å²) in [6, 6.07) is 5.18. The van der Waals surface area contributed by atoms with Gasteiger partial charge in [-0.05, 0) is 12.1 Å². The van der Waals surface area contributed by atoms with E-state index in [-0.39, 0.29) is 6.04 Å². The lowest BCUT2D eigenvalue weighted by atomic mass is 10.0. The summed E-state index contributed by atoms with van der Waals surface area (Å²) in [7, 11) is 3.21. The Hall–Kier alpha value is -1.66. The Kier molecular flexibility index (Phi) is 3.55. The molecule has 0 aliphatic heterocycles. The van der Waals surface area contributed by atoms with E-state index in [9.17, 15) is 0 Å². The molecule has 1 heterocycles. The molecule has 5 nitrogen and oxygen atoms in total. The van der Waals surface area contributed by atoms with Crippen molar-refractivity contribution in [3.05, 3.63) is 35.7 Å². The number of methoxy groups -OCH3 is 2. The largest absolute Gasteiger partial charge is 0.497 e. The first-order chi connectivity index (χ1) is 8.26. The number of aromatic nitrogens is 2. The molecule has 0 spiro atoms. The van der Waals surface area contributed by atoms with Gasteiger partial charge in [-0.25, -0.2) is 0 Å². The van der Waals surface area contributed by atoms with Crippen LogP contribution in [0.5, 0.6) is 11.5 Å². The number of hydrogen-bond donors (Lipinski definition) is 1. The predicted octanol–water partition coefficient (Wildman–Crippen LogP) is 1.60. The van der Waals surface area contributed by atoms with Crippen LogP contribution in [0, 0.1) is 0 Å². The lowest BCUT2D eigenvalue weighted by Gasteiger charge is -2.14. The van der Waals surface area contributed by atoms with Crippen LogP contribution in [0.1, 0.15) is 17.3 Å². The second-order valence-corrected chi connectivity index (χ2v) is 3.97. The molecule has 0 bridgehead atoms. The highest BCUT2D eigenvalue weighted by Gasteiger charge is 2.16. The van der Waals surface area contributed by atoms with Crippen LogP contribution in [0.4, 0.5) is 0 Å². The molecule has 1 atom stereocenters. The van der Waals surface area contributed by atoms with Crippen molar-refractivity contribution >= 4 is 11.7 Å². The molecule has 17 heavy (non-hydrogen) atoms. The van der Waals surface area contributed by atoms with E-state index >= 15 is 0 Å². The minimum atomic E-state index is -0.338. The van der Waals surface area contributed by atoms with Gasteiger partial charge in [0.1, 0.15) is 11.5 Å². The van der Waals surface area contributed by atoms with Gasteiger partial charge in [-0.2, -0.15) is 8.75 Å². The maximum absolute atomic E-state index is 6.11. The Morgan fingerprint density at radius 1 is 1.29 bits per heavy atom. The first kappa shape index (κ1) is 11.8. The highest BCUT2D eigenvalue weighted by molar-refractivity contribution is 6.99. The summed E-state index contributed by atoms with van der Waals surface area (Å²) in [4.78, 5) is 0. The molecular formula is C11H13N3O2S. The Labute approximate surface area is 104 Å². The van der Waals surface area contributed by atoms with Crippen molar-refractivity contribution in [2.24, 2.45) is 5.73 Å². The molecule has 1 unspecified atom stereocenters. The summed E-state index contributed by atoms with van der Waals surface area (Å²) in [5.74, 6) is 1.42. The third kappa shape index (κ3) is 2.37. The molecule has 1 aromatic heterocycles. The minimum Gasteiger partial charge on any atom is -0.497 e. The average Bonchev–Trinajstić information content (AvgIpc) is 2.91. The van der Waals surface area contributed by atoms with Crippen LogP contribution >= 0.6 is 11.7 Å². The van der Waals surface area contributed by atoms with Crippen LogP contribution in [-0.4, -0.2) is 23.0 Å². The average molecular weight is 251 g/mol. The third-order valence-electron chi connectivity index (χ3n) is 2.47. The fourth-order valence-corrected chi connectivity index (χ4v) is 2.00. The molecule has 0 aliphatic carbocycles. The van der Waals surface area contributed by atoms with E-state index in [1.54, 1.807) is 26.5 Å². The quantitative estimate of drug-likeness (QED) is 0.893. The van der Waals surface area contributed by atoms with Crippen LogP contribution < -0.4 is 15.2 Å². The fourth-order valence-electron chi connectivity index (χ4n) is 1.54. The van der Waals surface area contributed by atoms with E-state index in [4.69, 9.17) is 15.2 Å². The molecular weight excluding hydrogens is 238 g/mol. The molecule has 0 fully saturated rings. The fraction of sp³-hybridized carbons (Fsp3) is 0.273. The van der Waals surface area contributed by atoms with Gasteiger partial charge < -0.3 is 15.2 Å². The van der Waals surface area contributed by atoms with E-state index in [0.717, 1.165) is 28.7 Å². The standard InChI is InChI=1S/C11H13N3O2S/c1-15-7-3-4-8(10(5-7)16-2)11(12)9-6-13-17-14-9/h3-6,11H,12H2,1-2H3. The van der Waals surface area contributed by atoms with Gasteiger partial charge in [-0.1, -0.05) is 0 Å². The van der Waals surface area contributed by atoms with Gasteiger partial charge >= 0.3 is 0 Å². The Morgan fingerprint density at radius 2 is 2.12 bits per heavy atom. The van der Waals surface area contributed by atoms with E-state index in [1.165, 1.54) is 0 Å². The summed E-state index contributed by atoms with van der Waals surface area (Å²) < 4.78 is 18.5. The molecule has 0 amide bonds. The zero-order valence-corrected chi connectivity index (χ0v) is 10.4. The molecule has 2 N–H and O–H groups in total. The molecule has 0 saturated carbocycles. The first-order valence-electron chi connectivity index (χ1n) is 5.01. The first-order valence-corrected chi connectivity index (χ1v) is 5.74. The van der Waals surface area contributed by atoms with Crippen LogP contribution in [-0.2, 0) is 0 Å². The van der Waals surface area contributed by atoms with Gasteiger partial charge in [0.2, 0.25) is 0 Å². The molecule has 0 saturated heterocycles. The van der Waals surface area contributed by atoms with Crippen LogP contribution in [0.15, 0.2) is 24.4 Å². The SMILES string of the molecule is COc1ccc(C(N)c2cnsn2)c(OC)c1. The minimum absolute atomic E-state index is 0.338. The van der Waals surface area contributed by atoms with Crippen molar-refractivity contribution in [2.75, 3.05) is 14.2 Å². The van der Waals surface area contributed by atoms with Gasteiger partial charge in [0.15, 0.2) is 0 Å². The van der Waals surface area contributed by atoms with E-state index in [0.29, 0.717) is 5.75 Å². The van der Waals surface area contributed by atoms with Crippen molar-refractivity contribution in [2.45, 2.75) is 6.04 Å². The molecule has 90 valence electrons. The Morgan fingerprint density at radius 3 is 2.71 bits per heavy atom. The topological polar surface area (TPSA) is 70.3 Å². The van der Waals surface area contributed by atoms with E-state index in [1.807, 2.05) is 12.1 Å². The van der Waals surface area contributed by atoms with Crippen molar-refractivity contribution < 1.29 is 9.47 Å². The molecule has 6 heteroatoms. The summed E-state index contributed by atoms with van der Waals surface area (Å²) in [6.07, 6.45) is 1.67. The Balaban J connectivity index is 2.38. The second kappa shape index (κ2) is 5.11. The van der Waals surface area contributed by atoms with Gasteiger partial charge in [-0.3, -0.25) is 0 Å². The Bertz CT molecular complexity index is 487. The maximum Gasteiger partial charge on any atom is 0.127 e. The van der Waals surface area contributed by atoms with Gasteiger partial charge in [0.05, 0.1) is 43.9 Å². The third-order valence-corrected chi connectivity index (χ3v) is 2.96. The number of benzene rings is 1. The zero-order chi connectivity index (χ0) is 12.3. The normalized spacial score (nSPS) is 12.2. The zero-order valence-electron chi connectivity index (χ0n) is 9.58. The van der Waals surface area contributed by atoms with E-state index in [2.05, 4.69) is 8.75 Å². The number of rotatable bonds is 4. The number of nitrogens with zero attached hydrogens (tertiary/aromatic N) is 2.